The Morgan fingerprint density at radius 3 is 2.50 bits per heavy atom. The molecule has 0 aliphatic carbocycles. The zero-order valence-electron chi connectivity index (χ0n) is 8.64. The molecule has 0 heterocycles. The van der Waals surface area contributed by atoms with Crippen LogP contribution in [0.4, 0.5) is 0 Å². The predicted octanol–water partition coefficient (Wildman–Crippen LogP) is 3.20. The average molecular weight is 167 g/mol. The second-order valence-corrected chi connectivity index (χ2v) is 3.02. The molecule has 1 heteroatoms. The molecule has 0 N–H and O–H groups in total. The van der Waals surface area contributed by atoms with Crippen molar-refractivity contribution in [3.63, 3.8) is 0 Å². The third-order valence-electron chi connectivity index (χ3n) is 1.91. The van der Waals surface area contributed by atoms with Gasteiger partial charge in [0.15, 0.2) is 0 Å². The number of unbranched alkanes of at least 4 members (excludes halogenated alkanes) is 1. The van der Waals surface area contributed by atoms with E-state index < -0.39 is 0 Å². The average Bonchev–Trinajstić information content (AvgIpc) is 2.10. The number of hydrogen-bond acceptors (Lipinski definition) is 1. The van der Waals surface area contributed by atoms with Gasteiger partial charge in [0, 0.05) is 19.3 Å². The van der Waals surface area contributed by atoms with Gasteiger partial charge in [0.25, 0.3) is 0 Å². The lowest BCUT2D eigenvalue weighted by Gasteiger charge is -2.19. The minimum Gasteiger partial charge on any atom is -0.375 e. The molecule has 0 amide bonds. The Labute approximate surface area is 76.8 Å². The normalized spacial score (nSPS) is 11.4. The van der Waals surface area contributed by atoms with E-state index in [-0.39, 0.29) is 0 Å². The zero-order valence-corrected chi connectivity index (χ0v) is 8.64. The van der Waals surface area contributed by atoms with E-state index in [0.717, 1.165) is 13.0 Å². The maximum absolute atomic E-state index is 3.80. The smallest absolute Gasteiger partial charge is 0.0316 e. The summed E-state index contributed by atoms with van der Waals surface area (Å²) in [4.78, 5) is 2.26. The number of allylic oxidation sites excluding steroid dienone is 2. The lowest BCUT2D eigenvalue weighted by Crippen LogP contribution is -2.17. The molecule has 0 saturated heterocycles. The van der Waals surface area contributed by atoms with Crippen LogP contribution in [-0.2, 0) is 0 Å². The van der Waals surface area contributed by atoms with Crippen molar-refractivity contribution in [1.29, 1.82) is 0 Å². The van der Waals surface area contributed by atoms with Crippen molar-refractivity contribution in [1.82, 2.24) is 4.90 Å². The van der Waals surface area contributed by atoms with E-state index in [1.807, 2.05) is 6.08 Å². The monoisotopic (exact) mass is 167 g/mol. The maximum Gasteiger partial charge on any atom is 0.0316 e. The summed E-state index contributed by atoms with van der Waals surface area (Å²) in [6, 6.07) is 0. The predicted molar refractivity (Wildman–Crippen MR) is 56.1 cm³/mol. The second kappa shape index (κ2) is 6.96. The Morgan fingerprint density at radius 1 is 1.42 bits per heavy atom. The lowest BCUT2D eigenvalue weighted by molar-refractivity contribution is 0.417. The van der Waals surface area contributed by atoms with E-state index in [1.54, 1.807) is 0 Å². The molecule has 0 radical (unpaired) electrons. The first-order valence-electron chi connectivity index (χ1n) is 4.80. The first-order valence-corrected chi connectivity index (χ1v) is 4.80. The standard InChI is InChI=1S/C11H21N/c1-5-8-10-12(4)11(7-3)9-6-2/h7,9H,3,5-6,8,10H2,1-2,4H3/b11-9-. The Kier molecular flexibility index (Phi) is 6.54. The van der Waals surface area contributed by atoms with Gasteiger partial charge in [-0.25, -0.2) is 0 Å². The summed E-state index contributed by atoms with van der Waals surface area (Å²) in [5.74, 6) is 0. The molecule has 0 atom stereocenters. The molecule has 70 valence electrons. The summed E-state index contributed by atoms with van der Waals surface area (Å²) in [6.45, 7) is 9.30. The van der Waals surface area contributed by atoms with Crippen molar-refractivity contribution in [2.75, 3.05) is 13.6 Å². The van der Waals surface area contributed by atoms with Crippen LogP contribution in [0.3, 0.4) is 0 Å². The van der Waals surface area contributed by atoms with E-state index in [1.165, 1.54) is 18.5 Å². The fourth-order valence-corrected chi connectivity index (χ4v) is 1.13. The molecule has 0 rings (SSSR count). The second-order valence-electron chi connectivity index (χ2n) is 3.02. The van der Waals surface area contributed by atoms with Gasteiger partial charge in [-0.2, -0.15) is 0 Å². The van der Waals surface area contributed by atoms with E-state index in [0.29, 0.717) is 0 Å². The molecular weight excluding hydrogens is 146 g/mol. The van der Waals surface area contributed by atoms with E-state index >= 15 is 0 Å². The number of hydrogen-bond donors (Lipinski definition) is 0. The van der Waals surface area contributed by atoms with Crippen molar-refractivity contribution in [3.8, 4) is 0 Å². The zero-order chi connectivity index (χ0) is 9.40. The van der Waals surface area contributed by atoms with Crippen molar-refractivity contribution in [3.05, 3.63) is 24.4 Å². The highest BCUT2D eigenvalue weighted by atomic mass is 15.1. The largest absolute Gasteiger partial charge is 0.375 e. The Hall–Kier alpha value is -0.720. The van der Waals surface area contributed by atoms with E-state index in [2.05, 4.69) is 38.5 Å². The van der Waals surface area contributed by atoms with E-state index in [9.17, 15) is 0 Å². The number of rotatable bonds is 6. The van der Waals surface area contributed by atoms with Crippen molar-refractivity contribution in [2.24, 2.45) is 0 Å². The van der Waals surface area contributed by atoms with Gasteiger partial charge in [-0.05, 0) is 18.9 Å². The SMILES string of the molecule is C=C/C(=C/CC)N(C)CCCC. The summed E-state index contributed by atoms with van der Waals surface area (Å²) < 4.78 is 0. The van der Waals surface area contributed by atoms with Gasteiger partial charge in [0.1, 0.15) is 0 Å². The molecule has 0 spiro atoms. The highest BCUT2D eigenvalue weighted by Gasteiger charge is 1.97. The van der Waals surface area contributed by atoms with Crippen molar-refractivity contribution >= 4 is 0 Å². The molecular formula is C11H21N. The van der Waals surface area contributed by atoms with Crippen molar-refractivity contribution in [2.45, 2.75) is 33.1 Å². The fourth-order valence-electron chi connectivity index (χ4n) is 1.13. The van der Waals surface area contributed by atoms with Gasteiger partial charge in [0.05, 0.1) is 0 Å². The molecule has 0 bridgehead atoms. The summed E-state index contributed by atoms with van der Waals surface area (Å²) >= 11 is 0. The number of nitrogens with zero attached hydrogens (tertiary/aromatic N) is 1. The molecule has 0 aliphatic heterocycles. The summed E-state index contributed by atoms with van der Waals surface area (Å²) in [5, 5.41) is 0. The Bertz CT molecular complexity index is 147. The van der Waals surface area contributed by atoms with Crippen LogP contribution in [0.1, 0.15) is 33.1 Å². The third-order valence-corrected chi connectivity index (χ3v) is 1.91. The lowest BCUT2D eigenvalue weighted by atomic mass is 10.2. The summed E-state index contributed by atoms with van der Waals surface area (Å²) in [6.07, 6.45) is 7.73. The first kappa shape index (κ1) is 11.3. The molecule has 0 aliphatic rings. The number of likely N-dealkylation sites (N-methyl/N-ethyl adjacent to an activating group) is 1. The van der Waals surface area contributed by atoms with Gasteiger partial charge < -0.3 is 4.90 Å². The minimum absolute atomic E-state index is 1.08. The molecule has 0 aromatic carbocycles. The third kappa shape index (κ3) is 4.22. The topological polar surface area (TPSA) is 3.24 Å². The van der Waals surface area contributed by atoms with Gasteiger partial charge >= 0.3 is 0 Å². The van der Waals surface area contributed by atoms with Crippen LogP contribution in [0.5, 0.6) is 0 Å². The Balaban J connectivity index is 3.93. The van der Waals surface area contributed by atoms with E-state index in [4.69, 9.17) is 0 Å². The molecule has 12 heavy (non-hydrogen) atoms. The molecule has 0 unspecified atom stereocenters. The minimum atomic E-state index is 1.08. The van der Waals surface area contributed by atoms with Crippen LogP contribution in [0, 0.1) is 0 Å². The molecule has 0 fully saturated rings. The molecule has 1 nitrogen and oxygen atoms in total. The first-order chi connectivity index (χ1) is 5.76. The van der Waals surface area contributed by atoms with Gasteiger partial charge in [0.2, 0.25) is 0 Å². The molecule has 0 aromatic heterocycles. The van der Waals surface area contributed by atoms with Gasteiger partial charge in [-0.15, -0.1) is 0 Å². The van der Waals surface area contributed by atoms with Crippen LogP contribution >= 0.6 is 0 Å². The maximum atomic E-state index is 3.80. The van der Waals surface area contributed by atoms with Crippen LogP contribution in [0.2, 0.25) is 0 Å². The van der Waals surface area contributed by atoms with Crippen LogP contribution in [0.25, 0.3) is 0 Å². The van der Waals surface area contributed by atoms with Crippen LogP contribution in [-0.4, -0.2) is 18.5 Å². The van der Waals surface area contributed by atoms with Crippen LogP contribution in [0.15, 0.2) is 24.4 Å². The van der Waals surface area contributed by atoms with Crippen molar-refractivity contribution < 1.29 is 0 Å². The fraction of sp³-hybridized carbons (Fsp3) is 0.636. The molecule has 0 aromatic rings. The highest BCUT2D eigenvalue weighted by molar-refractivity contribution is 5.13. The van der Waals surface area contributed by atoms with Gasteiger partial charge in [-0.1, -0.05) is 32.9 Å². The summed E-state index contributed by atoms with van der Waals surface area (Å²) in [7, 11) is 2.12. The quantitative estimate of drug-likeness (QED) is 0.549. The van der Waals surface area contributed by atoms with Crippen LogP contribution < -0.4 is 0 Å². The highest BCUT2D eigenvalue weighted by Crippen LogP contribution is 2.05. The molecule has 0 saturated carbocycles. The Morgan fingerprint density at radius 2 is 2.08 bits per heavy atom. The van der Waals surface area contributed by atoms with Gasteiger partial charge in [-0.3, -0.25) is 0 Å². The summed E-state index contributed by atoms with van der Waals surface area (Å²) in [5.41, 5.74) is 1.26.